The molecule has 0 spiro atoms. The molecule has 2 aromatic carbocycles. The summed E-state index contributed by atoms with van der Waals surface area (Å²) < 4.78 is 12.0. The maximum atomic E-state index is 12.9. The van der Waals surface area contributed by atoms with Gasteiger partial charge >= 0.3 is 12.1 Å². The van der Waals surface area contributed by atoms with Crippen molar-refractivity contribution < 1.29 is 29.0 Å². The van der Waals surface area contributed by atoms with Crippen LogP contribution in [0.25, 0.3) is 11.1 Å². The monoisotopic (exact) mass is 478 g/mol. The Bertz CT molecular complexity index is 1190. The van der Waals surface area contributed by atoms with Gasteiger partial charge in [-0.2, -0.15) is 5.10 Å². The number of aliphatic carboxylic acids is 1. The zero-order valence-electron chi connectivity index (χ0n) is 19.3. The molecule has 4 rings (SSSR count). The average Bonchev–Trinajstić information content (AvgIpc) is 3.41. The van der Waals surface area contributed by atoms with Crippen molar-refractivity contribution in [3.63, 3.8) is 0 Å². The lowest BCUT2D eigenvalue weighted by Gasteiger charge is -2.23. The maximum Gasteiger partial charge on any atom is 0.407 e. The van der Waals surface area contributed by atoms with E-state index in [4.69, 9.17) is 14.6 Å². The summed E-state index contributed by atoms with van der Waals surface area (Å²) in [6.45, 7) is 1.41. The van der Waals surface area contributed by atoms with E-state index in [0.717, 1.165) is 22.3 Å². The van der Waals surface area contributed by atoms with Crippen LogP contribution in [0.5, 0.6) is 0 Å². The summed E-state index contributed by atoms with van der Waals surface area (Å²) in [5, 5.41) is 17.9. The van der Waals surface area contributed by atoms with Crippen LogP contribution in [0, 0.1) is 0 Å². The van der Waals surface area contributed by atoms with Gasteiger partial charge in [-0.1, -0.05) is 48.5 Å². The summed E-state index contributed by atoms with van der Waals surface area (Å²) >= 11 is 0. The van der Waals surface area contributed by atoms with Crippen molar-refractivity contribution in [2.75, 3.05) is 19.0 Å². The number of nitrogens with one attached hydrogen (secondary N) is 2. The Hall–Kier alpha value is -4.18. The number of rotatable bonds is 9. The minimum absolute atomic E-state index is 0.109. The summed E-state index contributed by atoms with van der Waals surface area (Å²) in [7, 11) is 1.43. The number of carboxylic acid groups (broad SMARTS) is 1. The van der Waals surface area contributed by atoms with Gasteiger partial charge in [0.25, 0.3) is 0 Å². The molecule has 2 amide bonds. The molecule has 0 saturated carbocycles. The Balaban J connectivity index is 1.41. The van der Waals surface area contributed by atoms with Crippen LogP contribution in [0.4, 0.5) is 10.5 Å². The number of hydrogen-bond donors (Lipinski definition) is 3. The van der Waals surface area contributed by atoms with Gasteiger partial charge in [0.2, 0.25) is 5.91 Å². The SMILES string of the molecule is COC(C)C(NC(=O)OCC1c2ccccc2-c2ccccc21)C(=O)Nc1cnn(CC(=O)O)c1. The first-order chi connectivity index (χ1) is 16.9. The van der Waals surface area contributed by atoms with E-state index in [1.807, 2.05) is 48.5 Å². The second kappa shape index (κ2) is 10.4. The molecule has 0 fully saturated rings. The Labute approximate surface area is 201 Å². The van der Waals surface area contributed by atoms with E-state index in [0.29, 0.717) is 5.69 Å². The van der Waals surface area contributed by atoms with Gasteiger partial charge < -0.3 is 25.2 Å². The number of aromatic nitrogens is 2. The van der Waals surface area contributed by atoms with Crippen LogP contribution >= 0.6 is 0 Å². The molecule has 1 aliphatic carbocycles. The molecule has 3 N–H and O–H groups in total. The molecule has 10 heteroatoms. The predicted molar refractivity (Wildman–Crippen MR) is 127 cm³/mol. The number of alkyl carbamates (subject to hydrolysis) is 1. The highest BCUT2D eigenvalue weighted by Gasteiger charge is 2.31. The predicted octanol–water partition coefficient (Wildman–Crippen LogP) is 2.85. The molecule has 2 unspecified atom stereocenters. The van der Waals surface area contributed by atoms with Crippen molar-refractivity contribution in [2.24, 2.45) is 0 Å². The summed E-state index contributed by atoms with van der Waals surface area (Å²) in [6, 6.07) is 15.0. The summed E-state index contributed by atoms with van der Waals surface area (Å²) in [5.41, 5.74) is 4.69. The molecule has 0 radical (unpaired) electrons. The van der Waals surface area contributed by atoms with Crippen molar-refractivity contribution in [3.05, 3.63) is 72.1 Å². The Kier molecular flexibility index (Phi) is 7.11. The first-order valence-corrected chi connectivity index (χ1v) is 11.1. The van der Waals surface area contributed by atoms with Crippen LogP contribution < -0.4 is 10.6 Å². The van der Waals surface area contributed by atoms with Gasteiger partial charge in [0.05, 0.1) is 18.0 Å². The highest BCUT2D eigenvalue weighted by atomic mass is 16.5. The van der Waals surface area contributed by atoms with Crippen LogP contribution in [-0.4, -0.2) is 58.7 Å². The zero-order chi connectivity index (χ0) is 24.9. The van der Waals surface area contributed by atoms with E-state index in [2.05, 4.69) is 15.7 Å². The molecule has 1 heterocycles. The minimum Gasteiger partial charge on any atom is -0.480 e. The quantitative estimate of drug-likeness (QED) is 0.431. The van der Waals surface area contributed by atoms with Gasteiger partial charge in [0.15, 0.2) is 0 Å². The van der Waals surface area contributed by atoms with Gasteiger partial charge in [-0.05, 0) is 29.2 Å². The van der Waals surface area contributed by atoms with E-state index < -0.39 is 30.1 Å². The molecular formula is C25H26N4O6. The first kappa shape index (κ1) is 24.0. The van der Waals surface area contributed by atoms with Crippen LogP contribution in [0.2, 0.25) is 0 Å². The first-order valence-electron chi connectivity index (χ1n) is 11.1. The van der Waals surface area contributed by atoms with Crippen molar-refractivity contribution in [3.8, 4) is 11.1 Å². The molecule has 0 aliphatic heterocycles. The molecule has 1 aliphatic rings. The van der Waals surface area contributed by atoms with Gasteiger partial charge in [0, 0.05) is 19.2 Å². The molecule has 182 valence electrons. The molecular weight excluding hydrogens is 452 g/mol. The number of nitrogens with zero attached hydrogens (tertiary/aromatic N) is 2. The molecule has 1 aromatic heterocycles. The lowest BCUT2D eigenvalue weighted by Crippen LogP contribution is -2.51. The Morgan fingerprint density at radius 1 is 1.09 bits per heavy atom. The Morgan fingerprint density at radius 2 is 1.71 bits per heavy atom. The number of carbonyl (C=O) groups is 3. The van der Waals surface area contributed by atoms with Crippen LogP contribution in [-0.2, 0) is 25.6 Å². The van der Waals surface area contributed by atoms with Crippen LogP contribution in [0.1, 0.15) is 24.0 Å². The number of fused-ring (bicyclic) bond motifs is 3. The number of benzene rings is 2. The number of anilines is 1. The fraction of sp³-hybridized carbons (Fsp3) is 0.280. The summed E-state index contributed by atoms with van der Waals surface area (Å²) in [4.78, 5) is 36.4. The van der Waals surface area contributed by atoms with E-state index >= 15 is 0 Å². The van der Waals surface area contributed by atoms with E-state index in [1.54, 1.807) is 6.92 Å². The smallest absolute Gasteiger partial charge is 0.407 e. The Morgan fingerprint density at radius 3 is 2.31 bits per heavy atom. The lowest BCUT2D eigenvalue weighted by atomic mass is 9.98. The van der Waals surface area contributed by atoms with Crippen molar-refractivity contribution in [2.45, 2.75) is 31.5 Å². The van der Waals surface area contributed by atoms with Crippen molar-refractivity contribution in [1.82, 2.24) is 15.1 Å². The largest absolute Gasteiger partial charge is 0.480 e. The highest BCUT2D eigenvalue weighted by molar-refractivity contribution is 5.96. The number of amides is 2. The second-order valence-electron chi connectivity index (χ2n) is 8.20. The van der Waals surface area contributed by atoms with E-state index in [-0.39, 0.29) is 19.1 Å². The normalized spacial score (nSPS) is 13.9. The fourth-order valence-corrected chi connectivity index (χ4v) is 4.17. The highest BCUT2D eigenvalue weighted by Crippen LogP contribution is 2.44. The number of hydrogen-bond acceptors (Lipinski definition) is 6. The van der Waals surface area contributed by atoms with Gasteiger partial charge in [-0.3, -0.25) is 14.3 Å². The van der Waals surface area contributed by atoms with E-state index in [1.165, 1.54) is 24.2 Å². The molecule has 2 atom stereocenters. The number of carboxylic acids is 1. The van der Waals surface area contributed by atoms with Crippen LogP contribution in [0.3, 0.4) is 0 Å². The zero-order valence-corrected chi connectivity index (χ0v) is 19.3. The van der Waals surface area contributed by atoms with Gasteiger partial charge in [0.1, 0.15) is 19.2 Å². The standard InChI is InChI=1S/C25H26N4O6/c1-15(34-2)23(24(32)27-16-11-26-29(12-16)13-22(30)31)28-25(33)35-14-21-19-9-5-3-7-17(19)18-8-4-6-10-20(18)21/h3-12,15,21,23H,13-14H2,1-2H3,(H,27,32)(H,28,33)(H,30,31). The average molecular weight is 479 g/mol. The van der Waals surface area contributed by atoms with Gasteiger partial charge in [-0.25, -0.2) is 4.79 Å². The fourth-order valence-electron chi connectivity index (χ4n) is 4.17. The molecule has 0 saturated heterocycles. The molecule has 0 bridgehead atoms. The third kappa shape index (κ3) is 5.33. The molecule has 10 nitrogen and oxygen atoms in total. The van der Waals surface area contributed by atoms with Gasteiger partial charge in [-0.15, -0.1) is 0 Å². The van der Waals surface area contributed by atoms with Crippen LogP contribution in [0.15, 0.2) is 60.9 Å². The van der Waals surface area contributed by atoms with E-state index in [9.17, 15) is 14.4 Å². The van der Waals surface area contributed by atoms with Crippen molar-refractivity contribution >= 4 is 23.7 Å². The summed E-state index contributed by atoms with van der Waals surface area (Å²) in [5.74, 6) is -1.73. The maximum absolute atomic E-state index is 12.9. The minimum atomic E-state index is -1.06. The summed E-state index contributed by atoms with van der Waals surface area (Å²) in [6.07, 6.45) is 1.29. The topological polar surface area (TPSA) is 132 Å². The third-order valence-corrected chi connectivity index (χ3v) is 5.94. The number of ether oxygens (including phenoxy) is 2. The molecule has 35 heavy (non-hydrogen) atoms. The number of carbonyl (C=O) groups excluding carboxylic acids is 2. The lowest BCUT2D eigenvalue weighted by molar-refractivity contribution is -0.137. The third-order valence-electron chi connectivity index (χ3n) is 5.94. The molecule has 3 aromatic rings. The second-order valence-corrected chi connectivity index (χ2v) is 8.20. The van der Waals surface area contributed by atoms with Crippen molar-refractivity contribution in [1.29, 1.82) is 0 Å². The number of methoxy groups -OCH3 is 1.